The van der Waals surface area contributed by atoms with Gasteiger partial charge in [-0.2, -0.15) is 0 Å². The number of rotatable bonds is 3. The van der Waals surface area contributed by atoms with Crippen molar-refractivity contribution in [3.8, 4) is 0 Å². The zero-order chi connectivity index (χ0) is 13.4. The fourth-order valence-electron chi connectivity index (χ4n) is 1.63. The van der Waals surface area contributed by atoms with Gasteiger partial charge in [-0.3, -0.25) is 0 Å². The number of aliphatic hydroxyl groups is 3. The van der Waals surface area contributed by atoms with Crippen molar-refractivity contribution in [1.29, 1.82) is 0 Å². The second-order valence-electron chi connectivity index (χ2n) is 4.11. The average molecular weight is 272 g/mol. The van der Waals surface area contributed by atoms with Gasteiger partial charge in [-0.15, -0.1) is 11.8 Å². The summed E-state index contributed by atoms with van der Waals surface area (Å²) in [6.07, 6.45) is -4.64. The van der Waals surface area contributed by atoms with Gasteiger partial charge in [0.05, 0.1) is 6.10 Å². The highest BCUT2D eigenvalue weighted by atomic mass is 32.2. The van der Waals surface area contributed by atoms with Crippen LogP contribution in [0.1, 0.15) is 6.92 Å². The molecule has 1 heterocycles. The molecule has 0 radical (unpaired) electrons. The molecule has 1 rings (SSSR count). The summed E-state index contributed by atoms with van der Waals surface area (Å²) in [4.78, 5) is 0. The first-order valence-electron chi connectivity index (χ1n) is 5.01. The Labute approximate surface area is 102 Å². The van der Waals surface area contributed by atoms with Gasteiger partial charge in [-0.1, -0.05) is 0 Å². The van der Waals surface area contributed by atoms with E-state index in [1.807, 2.05) is 0 Å². The minimum Gasteiger partial charge on any atom is -0.668 e. The van der Waals surface area contributed by atoms with Crippen molar-refractivity contribution in [2.24, 2.45) is 0 Å². The van der Waals surface area contributed by atoms with Crippen LogP contribution in [0.25, 0.3) is 5.73 Å². The number of nitrogens with one attached hydrogen (secondary N) is 1. The highest BCUT2D eigenvalue weighted by Gasteiger charge is 2.47. The summed E-state index contributed by atoms with van der Waals surface area (Å²) in [6, 6.07) is -2.01. The maximum Gasteiger partial charge on any atom is 0.232 e. The Bertz CT molecular complexity index is 264. The summed E-state index contributed by atoms with van der Waals surface area (Å²) in [5, 5.41) is 28.6. The van der Waals surface area contributed by atoms with E-state index in [9.17, 15) is 24.1 Å². The molecule has 102 valence electrons. The van der Waals surface area contributed by atoms with Gasteiger partial charge in [0, 0.05) is 0 Å². The number of ether oxygens (including phenoxy) is 1. The van der Waals surface area contributed by atoms with Crippen molar-refractivity contribution < 1.29 is 28.8 Å². The van der Waals surface area contributed by atoms with E-state index >= 15 is 0 Å². The maximum atomic E-state index is 13.0. The van der Waals surface area contributed by atoms with Crippen LogP contribution in [0.15, 0.2) is 0 Å². The number of hydrogen-bond donors (Lipinski definition) is 3. The zero-order valence-electron chi connectivity index (χ0n) is 9.38. The van der Waals surface area contributed by atoms with Gasteiger partial charge < -0.3 is 25.8 Å². The van der Waals surface area contributed by atoms with Crippen LogP contribution < -0.4 is 0 Å². The molecule has 0 bridgehead atoms. The Balaban J connectivity index is 2.86. The molecule has 0 amide bonds. The molecule has 1 saturated heterocycles. The molecule has 8 heteroatoms. The lowest BCUT2D eigenvalue weighted by molar-refractivity contribution is -0.214. The molecule has 0 spiro atoms. The highest BCUT2D eigenvalue weighted by Crippen LogP contribution is 2.34. The normalized spacial score (nSPS) is 41.3. The van der Waals surface area contributed by atoms with E-state index in [0.717, 1.165) is 11.8 Å². The summed E-state index contributed by atoms with van der Waals surface area (Å²) < 4.78 is 31.1. The van der Waals surface area contributed by atoms with E-state index in [1.165, 1.54) is 0 Å². The molecule has 6 atom stereocenters. The van der Waals surface area contributed by atoms with E-state index in [2.05, 4.69) is 0 Å². The molecule has 0 aliphatic carbocycles. The molecule has 5 nitrogen and oxygen atoms in total. The largest absolute Gasteiger partial charge is 0.668 e. The predicted octanol–water partition coefficient (Wildman–Crippen LogP) is 0.233. The Morgan fingerprint density at radius 2 is 1.76 bits per heavy atom. The van der Waals surface area contributed by atoms with Crippen LogP contribution in [0.4, 0.5) is 8.78 Å². The van der Waals surface area contributed by atoms with Gasteiger partial charge in [0.2, 0.25) is 5.92 Å². The van der Waals surface area contributed by atoms with Gasteiger partial charge in [0.1, 0.15) is 23.7 Å². The summed E-state index contributed by atoms with van der Waals surface area (Å²) in [6.45, 7) is 0.548. The minimum absolute atomic E-state index is 0.548. The van der Waals surface area contributed by atoms with E-state index in [-0.39, 0.29) is 0 Å². The number of aliphatic hydroxyl groups excluding tert-OH is 3. The van der Waals surface area contributed by atoms with Crippen molar-refractivity contribution in [3.63, 3.8) is 0 Å². The molecule has 0 saturated carbocycles. The SMILES string of the molecule is CSC1OC(C([NH-])C(C)(F)F)C(O)C(O)C1O. The molecular weight excluding hydrogens is 256 g/mol. The van der Waals surface area contributed by atoms with Gasteiger partial charge >= 0.3 is 0 Å². The third kappa shape index (κ3) is 3.07. The second kappa shape index (κ2) is 5.33. The van der Waals surface area contributed by atoms with Crippen LogP contribution in [0.2, 0.25) is 0 Å². The third-order valence-electron chi connectivity index (χ3n) is 2.71. The van der Waals surface area contributed by atoms with Crippen LogP contribution in [0.3, 0.4) is 0 Å². The van der Waals surface area contributed by atoms with E-state index in [1.54, 1.807) is 6.26 Å². The highest BCUT2D eigenvalue weighted by molar-refractivity contribution is 7.99. The molecule has 17 heavy (non-hydrogen) atoms. The molecule has 0 aromatic carbocycles. The van der Waals surface area contributed by atoms with E-state index < -0.39 is 41.8 Å². The molecular formula is C9H16F2NO4S-. The lowest BCUT2D eigenvalue weighted by atomic mass is 9.92. The average Bonchev–Trinajstić information content (AvgIpc) is 2.24. The second-order valence-corrected chi connectivity index (χ2v) is 5.05. The van der Waals surface area contributed by atoms with Crippen LogP contribution in [0.5, 0.6) is 0 Å². The number of thioether (sulfide) groups is 1. The number of alkyl halides is 2. The monoisotopic (exact) mass is 272 g/mol. The smallest absolute Gasteiger partial charge is 0.232 e. The quantitative estimate of drug-likeness (QED) is 0.684. The Morgan fingerprint density at radius 1 is 1.24 bits per heavy atom. The molecule has 4 N–H and O–H groups in total. The minimum atomic E-state index is -3.36. The zero-order valence-corrected chi connectivity index (χ0v) is 10.2. The third-order valence-corrected chi connectivity index (χ3v) is 3.57. The molecule has 6 unspecified atom stereocenters. The first-order valence-corrected chi connectivity index (χ1v) is 6.30. The Kier molecular flexibility index (Phi) is 4.73. The van der Waals surface area contributed by atoms with Crippen molar-refractivity contribution in [2.45, 2.75) is 48.7 Å². The molecule has 1 aliphatic heterocycles. The molecule has 1 aliphatic rings. The molecule has 0 aromatic rings. The Morgan fingerprint density at radius 3 is 2.18 bits per heavy atom. The first kappa shape index (κ1) is 15.1. The summed E-state index contributed by atoms with van der Waals surface area (Å²) >= 11 is 1.02. The summed E-state index contributed by atoms with van der Waals surface area (Å²) in [5.41, 5.74) is 6.40. The fourth-order valence-corrected chi connectivity index (χ4v) is 2.31. The fraction of sp³-hybridized carbons (Fsp3) is 1.00. The first-order chi connectivity index (χ1) is 7.70. The lowest BCUT2D eigenvalue weighted by Gasteiger charge is -2.46. The topological polar surface area (TPSA) is 93.7 Å². The molecule has 0 aromatic heterocycles. The van der Waals surface area contributed by atoms with Crippen molar-refractivity contribution in [1.82, 2.24) is 0 Å². The maximum absolute atomic E-state index is 13.0. The lowest BCUT2D eigenvalue weighted by Crippen LogP contribution is -2.61. The van der Waals surface area contributed by atoms with Crippen molar-refractivity contribution in [3.05, 3.63) is 5.73 Å². The number of halogens is 2. The predicted molar refractivity (Wildman–Crippen MR) is 58.9 cm³/mol. The van der Waals surface area contributed by atoms with Crippen LogP contribution >= 0.6 is 11.8 Å². The summed E-state index contributed by atoms with van der Waals surface area (Å²) in [5.74, 6) is -3.36. The van der Waals surface area contributed by atoms with Crippen LogP contribution in [-0.2, 0) is 4.74 Å². The van der Waals surface area contributed by atoms with Crippen molar-refractivity contribution in [2.75, 3.05) is 6.26 Å². The standard InChI is InChI=1S/C9H16F2NO4S/c1-9(10,11)7(12)6-4(14)3(13)5(15)8(16-6)17-2/h3-8,12-15H,1-2H3/q-1. The van der Waals surface area contributed by atoms with Crippen molar-refractivity contribution >= 4 is 11.8 Å². The van der Waals surface area contributed by atoms with Crippen LogP contribution in [-0.4, -0.2) is 63.4 Å². The van der Waals surface area contributed by atoms with Gasteiger partial charge in [-0.05, 0) is 19.2 Å². The van der Waals surface area contributed by atoms with Gasteiger partial charge in [0.15, 0.2) is 0 Å². The van der Waals surface area contributed by atoms with Gasteiger partial charge in [0.25, 0.3) is 0 Å². The van der Waals surface area contributed by atoms with E-state index in [0.29, 0.717) is 6.92 Å². The molecule has 1 fully saturated rings. The number of hydrogen-bond acceptors (Lipinski definition) is 5. The van der Waals surface area contributed by atoms with E-state index in [4.69, 9.17) is 10.5 Å². The Hall–Kier alpha value is 0.0100. The summed E-state index contributed by atoms with van der Waals surface area (Å²) in [7, 11) is 0. The van der Waals surface area contributed by atoms with Crippen LogP contribution in [0, 0.1) is 0 Å². The van der Waals surface area contributed by atoms with Gasteiger partial charge in [-0.25, -0.2) is 8.78 Å².